The van der Waals surface area contributed by atoms with Crippen molar-refractivity contribution in [1.82, 2.24) is 5.32 Å². The van der Waals surface area contributed by atoms with Crippen LogP contribution in [-0.4, -0.2) is 6.72 Å². The first kappa shape index (κ1) is 12.2. The number of nitrogens with zero attached hydrogens (tertiary/aromatic N) is 1. The minimum Gasteiger partial charge on any atom is -0.366 e. The molecule has 0 spiro atoms. The zero-order valence-electron chi connectivity index (χ0n) is 9.90. The van der Waals surface area contributed by atoms with E-state index in [1.807, 2.05) is 30.4 Å². The molecule has 0 unspecified atom stereocenters. The Morgan fingerprint density at radius 2 is 1.94 bits per heavy atom. The Kier molecular flexibility index (Phi) is 5.06. The fraction of sp³-hybridized carbons (Fsp3) is 0.214. The van der Waals surface area contributed by atoms with E-state index in [0.717, 1.165) is 12.4 Å². The van der Waals surface area contributed by atoms with E-state index in [2.05, 4.69) is 43.0 Å². The van der Waals surface area contributed by atoms with Crippen molar-refractivity contribution in [2.45, 2.75) is 20.4 Å². The maximum Gasteiger partial charge on any atom is 0.125 e. The van der Waals surface area contributed by atoms with E-state index < -0.39 is 0 Å². The summed E-state index contributed by atoms with van der Waals surface area (Å²) in [6, 6.07) is 10.2. The molecule has 0 aliphatic heterocycles. The molecule has 1 aromatic rings. The molecule has 0 aliphatic rings. The van der Waals surface area contributed by atoms with Gasteiger partial charge in [-0.3, -0.25) is 0 Å². The molecule has 0 atom stereocenters. The molecular formula is C14H18N2. The number of aliphatic imine (C=N–C) groups is 1. The van der Waals surface area contributed by atoms with Crippen LogP contribution in [0.4, 0.5) is 0 Å². The Labute approximate surface area is 97.4 Å². The van der Waals surface area contributed by atoms with Gasteiger partial charge in [-0.2, -0.15) is 0 Å². The summed E-state index contributed by atoms with van der Waals surface area (Å²) in [6.45, 7) is 8.41. The van der Waals surface area contributed by atoms with Gasteiger partial charge >= 0.3 is 0 Å². The predicted molar refractivity (Wildman–Crippen MR) is 70.3 cm³/mol. The van der Waals surface area contributed by atoms with Crippen molar-refractivity contribution >= 4 is 6.72 Å². The molecule has 0 saturated heterocycles. The first-order chi connectivity index (χ1) is 7.72. The average molecular weight is 214 g/mol. The summed E-state index contributed by atoms with van der Waals surface area (Å²) in [7, 11) is 0. The maximum atomic E-state index is 3.93. The van der Waals surface area contributed by atoms with E-state index >= 15 is 0 Å². The molecule has 0 bridgehead atoms. The zero-order valence-corrected chi connectivity index (χ0v) is 9.90. The molecule has 0 amide bonds. The lowest BCUT2D eigenvalue weighted by molar-refractivity contribution is 0.802. The molecular weight excluding hydrogens is 196 g/mol. The quantitative estimate of drug-likeness (QED) is 0.590. The Balaban J connectivity index is 2.56. The standard InChI is InChI=1S/C14H18N2/c1-12(2)9-10-14(15-3)16-11-13-7-5-4-6-8-13/h4-10,16H,3,11H2,1-2H3/b14-10+. The lowest BCUT2D eigenvalue weighted by atomic mass is 10.2. The van der Waals surface area contributed by atoms with Gasteiger partial charge in [0.05, 0.1) is 0 Å². The number of allylic oxidation sites excluding steroid dienone is 3. The minimum atomic E-state index is 0.766. The van der Waals surface area contributed by atoms with Gasteiger partial charge in [-0.15, -0.1) is 0 Å². The molecule has 1 aromatic carbocycles. The SMILES string of the molecule is C=N/C(=C\C=C(C)C)NCc1ccccc1. The van der Waals surface area contributed by atoms with Crippen molar-refractivity contribution in [3.63, 3.8) is 0 Å². The molecule has 2 heteroatoms. The van der Waals surface area contributed by atoms with Crippen LogP contribution in [0.5, 0.6) is 0 Å². The summed E-state index contributed by atoms with van der Waals surface area (Å²) >= 11 is 0. The molecule has 0 radical (unpaired) electrons. The monoisotopic (exact) mass is 214 g/mol. The number of hydrogen-bond acceptors (Lipinski definition) is 2. The Hall–Kier alpha value is -1.83. The van der Waals surface area contributed by atoms with Gasteiger partial charge in [0.25, 0.3) is 0 Å². The number of benzene rings is 1. The molecule has 1 rings (SSSR count). The lowest BCUT2D eigenvalue weighted by Crippen LogP contribution is -2.10. The van der Waals surface area contributed by atoms with Gasteiger partial charge in [0.2, 0.25) is 0 Å². The van der Waals surface area contributed by atoms with Gasteiger partial charge in [0.1, 0.15) is 5.82 Å². The molecule has 0 heterocycles. The smallest absolute Gasteiger partial charge is 0.125 e. The van der Waals surface area contributed by atoms with Crippen LogP contribution >= 0.6 is 0 Å². The fourth-order valence-electron chi connectivity index (χ4n) is 1.20. The minimum absolute atomic E-state index is 0.766. The van der Waals surface area contributed by atoms with Crippen molar-refractivity contribution in [2.24, 2.45) is 4.99 Å². The molecule has 0 saturated carbocycles. The van der Waals surface area contributed by atoms with Crippen molar-refractivity contribution in [3.05, 3.63) is 59.4 Å². The second kappa shape index (κ2) is 6.62. The Bertz CT molecular complexity index is 384. The first-order valence-electron chi connectivity index (χ1n) is 5.32. The van der Waals surface area contributed by atoms with Gasteiger partial charge in [0, 0.05) is 6.54 Å². The molecule has 84 valence electrons. The first-order valence-corrected chi connectivity index (χ1v) is 5.32. The average Bonchev–Trinajstić information content (AvgIpc) is 2.30. The van der Waals surface area contributed by atoms with Crippen molar-refractivity contribution in [1.29, 1.82) is 0 Å². The highest BCUT2D eigenvalue weighted by Crippen LogP contribution is 2.01. The summed E-state index contributed by atoms with van der Waals surface area (Å²) in [5.41, 5.74) is 2.47. The van der Waals surface area contributed by atoms with Gasteiger partial charge < -0.3 is 5.32 Å². The second-order valence-corrected chi connectivity index (χ2v) is 3.79. The normalized spacial score (nSPS) is 10.8. The van der Waals surface area contributed by atoms with Gasteiger partial charge in [0.15, 0.2) is 0 Å². The lowest BCUT2D eigenvalue weighted by Gasteiger charge is -2.05. The topological polar surface area (TPSA) is 24.4 Å². The molecule has 1 N–H and O–H groups in total. The largest absolute Gasteiger partial charge is 0.366 e. The van der Waals surface area contributed by atoms with E-state index in [9.17, 15) is 0 Å². The molecule has 2 nitrogen and oxygen atoms in total. The zero-order chi connectivity index (χ0) is 11.8. The maximum absolute atomic E-state index is 3.93. The van der Waals surface area contributed by atoms with Crippen molar-refractivity contribution in [3.8, 4) is 0 Å². The second-order valence-electron chi connectivity index (χ2n) is 3.79. The summed E-state index contributed by atoms with van der Waals surface area (Å²) in [5, 5.41) is 3.23. The summed E-state index contributed by atoms with van der Waals surface area (Å²) in [5.74, 6) is 0.796. The number of nitrogens with one attached hydrogen (secondary N) is 1. The van der Waals surface area contributed by atoms with Crippen LogP contribution < -0.4 is 5.32 Å². The fourth-order valence-corrected chi connectivity index (χ4v) is 1.20. The highest BCUT2D eigenvalue weighted by Gasteiger charge is 1.92. The van der Waals surface area contributed by atoms with Gasteiger partial charge in [-0.25, -0.2) is 4.99 Å². The van der Waals surface area contributed by atoms with Crippen LogP contribution in [0.3, 0.4) is 0 Å². The van der Waals surface area contributed by atoms with Crippen LogP contribution in [-0.2, 0) is 6.54 Å². The summed E-state index contributed by atoms with van der Waals surface area (Å²) in [6.07, 6.45) is 3.95. The molecule has 0 aromatic heterocycles. The number of rotatable bonds is 5. The van der Waals surface area contributed by atoms with E-state index in [1.165, 1.54) is 11.1 Å². The van der Waals surface area contributed by atoms with Crippen molar-refractivity contribution < 1.29 is 0 Å². The Morgan fingerprint density at radius 3 is 2.50 bits per heavy atom. The Morgan fingerprint density at radius 1 is 1.25 bits per heavy atom. The van der Waals surface area contributed by atoms with Crippen molar-refractivity contribution in [2.75, 3.05) is 0 Å². The van der Waals surface area contributed by atoms with Crippen LogP contribution in [0.15, 0.2) is 58.9 Å². The third-order valence-corrected chi connectivity index (χ3v) is 2.06. The van der Waals surface area contributed by atoms with Gasteiger partial charge in [-0.05, 0) is 32.2 Å². The molecule has 0 fully saturated rings. The summed E-state index contributed by atoms with van der Waals surface area (Å²) < 4.78 is 0. The predicted octanol–water partition coefficient (Wildman–Crippen LogP) is 3.28. The van der Waals surface area contributed by atoms with Crippen LogP contribution in [0.2, 0.25) is 0 Å². The van der Waals surface area contributed by atoms with E-state index in [0.29, 0.717) is 0 Å². The molecule has 16 heavy (non-hydrogen) atoms. The third kappa shape index (κ3) is 4.60. The highest BCUT2D eigenvalue weighted by molar-refractivity contribution is 5.30. The highest BCUT2D eigenvalue weighted by atomic mass is 15.0. The van der Waals surface area contributed by atoms with Crippen LogP contribution in [0, 0.1) is 0 Å². The van der Waals surface area contributed by atoms with Crippen LogP contribution in [0.1, 0.15) is 19.4 Å². The van der Waals surface area contributed by atoms with Crippen LogP contribution in [0.25, 0.3) is 0 Å². The van der Waals surface area contributed by atoms with E-state index in [-0.39, 0.29) is 0 Å². The van der Waals surface area contributed by atoms with E-state index in [4.69, 9.17) is 0 Å². The van der Waals surface area contributed by atoms with Gasteiger partial charge in [-0.1, -0.05) is 42.0 Å². The molecule has 0 aliphatic carbocycles. The van der Waals surface area contributed by atoms with E-state index in [1.54, 1.807) is 0 Å². The third-order valence-electron chi connectivity index (χ3n) is 2.06. The summed E-state index contributed by atoms with van der Waals surface area (Å²) in [4.78, 5) is 3.93. The number of hydrogen-bond donors (Lipinski definition) is 1.